The Morgan fingerprint density at radius 3 is 2.44 bits per heavy atom. The molecule has 0 heterocycles. The zero-order valence-corrected chi connectivity index (χ0v) is 16.4. The average molecular weight is 364 g/mol. The number of nitrogens with one attached hydrogen (secondary N) is 2. The van der Waals surface area contributed by atoms with Crippen molar-refractivity contribution in [2.75, 3.05) is 12.4 Å². The van der Waals surface area contributed by atoms with Crippen molar-refractivity contribution in [1.82, 2.24) is 5.32 Å². The third-order valence-corrected chi connectivity index (χ3v) is 3.65. The molecule has 0 aliphatic heterocycles. The molecule has 1 rings (SSSR count). The lowest BCUT2D eigenvalue weighted by molar-refractivity contribution is -0.112. The fraction of sp³-hybridized carbons (Fsp3) is 0.474. The third kappa shape index (κ3) is 7.06. The zero-order valence-electron chi connectivity index (χ0n) is 15.7. The van der Waals surface area contributed by atoms with Crippen LogP contribution in [0.3, 0.4) is 0 Å². The van der Waals surface area contributed by atoms with E-state index in [-0.39, 0.29) is 16.5 Å². The predicted octanol–water partition coefficient (Wildman–Crippen LogP) is 4.50. The van der Waals surface area contributed by atoms with Gasteiger partial charge in [0, 0.05) is 17.4 Å². The third-order valence-electron chi connectivity index (χ3n) is 3.35. The molecule has 1 aromatic rings. The Kier molecular flexibility index (Phi) is 6.89. The van der Waals surface area contributed by atoms with Crippen LogP contribution in [0, 0.1) is 16.7 Å². The van der Waals surface area contributed by atoms with E-state index in [1.165, 1.54) is 13.3 Å². The van der Waals surface area contributed by atoms with Crippen molar-refractivity contribution in [3.8, 4) is 11.8 Å². The second-order valence-electron chi connectivity index (χ2n) is 7.74. The highest BCUT2D eigenvalue weighted by Gasteiger charge is 2.24. The molecule has 25 heavy (non-hydrogen) atoms. The Morgan fingerprint density at radius 1 is 1.32 bits per heavy atom. The van der Waals surface area contributed by atoms with Gasteiger partial charge < -0.3 is 15.4 Å². The van der Waals surface area contributed by atoms with Gasteiger partial charge in [-0.25, -0.2) is 0 Å². The van der Waals surface area contributed by atoms with Gasteiger partial charge in [-0.3, -0.25) is 4.79 Å². The summed E-state index contributed by atoms with van der Waals surface area (Å²) in [5.41, 5.74) is 0.364. The van der Waals surface area contributed by atoms with E-state index in [0.717, 1.165) is 6.42 Å². The number of halogens is 1. The highest BCUT2D eigenvalue weighted by Crippen LogP contribution is 2.28. The molecule has 1 amide bonds. The lowest BCUT2D eigenvalue weighted by Gasteiger charge is -2.33. The van der Waals surface area contributed by atoms with E-state index >= 15 is 0 Å². The van der Waals surface area contributed by atoms with E-state index in [1.54, 1.807) is 18.2 Å². The molecule has 0 bridgehead atoms. The van der Waals surface area contributed by atoms with Crippen LogP contribution in [0.1, 0.15) is 41.0 Å². The Morgan fingerprint density at radius 2 is 1.96 bits per heavy atom. The van der Waals surface area contributed by atoms with Crippen LogP contribution in [0.5, 0.6) is 5.75 Å². The van der Waals surface area contributed by atoms with Gasteiger partial charge in [0.1, 0.15) is 17.4 Å². The van der Waals surface area contributed by atoms with E-state index in [1.807, 2.05) is 19.9 Å². The molecule has 0 aliphatic rings. The molecule has 0 aromatic heterocycles. The summed E-state index contributed by atoms with van der Waals surface area (Å²) in [7, 11) is 1.51. The van der Waals surface area contributed by atoms with Gasteiger partial charge in [-0.15, -0.1) is 0 Å². The largest absolute Gasteiger partial charge is 0.495 e. The number of ether oxygens (including phenoxy) is 1. The topological polar surface area (TPSA) is 74.1 Å². The maximum atomic E-state index is 12.3. The fourth-order valence-corrected chi connectivity index (χ4v) is 2.99. The summed E-state index contributed by atoms with van der Waals surface area (Å²) in [6.45, 7) is 10.5. The minimum atomic E-state index is -0.497. The zero-order chi connectivity index (χ0) is 19.3. The Bertz CT molecular complexity index is 698. The number of carbonyl (C=O) groups excluding carboxylic acids is 1. The van der Waals surface area contributed by atoms with Gasteiger partial charge in [0.25, 0.3) is 5.91 Å². The van der Waals surface area contributed by atoms with Gasteiger partial charge in [0.2, 0.25) is 0 Å². The minimum Gasteiger partial charge on any atom is -0.495 e. The molecule has 0 spiro atoms. The van der Waals surface area contributed by atoms with Gasteiger partial charge in [-0.1, -0.05) is 32.4 Å². The van der Waals surface area contributed by atoms with Gasteiger partial charge in [-0.2, -0.15) is 5.26 Å². The number of methoxy groups -OCH3 is 1. The quantitative estimate of drug-likeness (QED) is 0.576. The second kappa shape index (κ2) is 8.26. The fourth-order valence-electron chi connectivity index (χ4n) is 2.74. The van der Waals surface area contributed by atoms with Crippen LogP contribution in [0.2, 0.25) is 5.02 Å². The second-order valence-corrected chi connectivity index (χ2v) is 8.15. The molecule has 0 saturated carbocycles. The molecular formula is C19H26ClN3O2. The maximum Gasteiger partial charge on any atom is 0.267 e. The molecule has 5 nitrogen and oxygen atoms in total. The van der Waals surface area contributed by atoms with Crippen molar-refractivity contribution in [1.29, 1.82) is 5.26 Å². The van der Waals surface area contributed by atoms with Crippen LogP contribution in [0.4, 0.5) is 5.69 Å². The van der Waals surface area contributed by atoms with Crippen molar-refractivity contribution in [3.05, 3.63) is 35.0 Å². The van der Waals surface area contributed by atoms with Crippen molar-refractivity contribution in [2.24, 2.45) is 5.41 Å². The molecule has 0 radical (unpaired) electrons. The number of hydrogen-bond donors (Lipinski definition) is 2. The summed E-state index contributed by atoms with van der Waals surface area (Å²) in [4.78, 5) is 12.3. The van der Waals surface area contributed by atoms with E-state index in [9.17, 15) is 10.1 Å². The number of benzene rings is 1. The first-order valence-electron chi connectivity index (χ1n) is 8.00. The lowest BCUT2D eigenvalue weighted by atomic mass is 9.82. The minimum absolute atomic E-state index is 0.00563. The van der Waals surface area contributed by atoms with Crippen LogP contribution < -0.4 is 15.4 Å². The van der Waals surface area contributed by atoms with Gasteiger partial charge in [0.15, 0.2) is 0 Å². The van der Waals surface area contributed by atoms with Crippen molar-refractivity contribution in [3.63, 3.8) is 0 Å². The number of nitrogens with zero attached hydrogens (tertiary/aromatic N) is 1. The Balaban J connectivity index is 2.84. The van der Waals surface area contributed by atoms with Crippen LogP contribution >= 0.6 is 11.6 Å². The molecule has 0 unspecified atom stereocenters. The standard InChI is InChI=1S/C19H26ClN3O2/c1-18(2,3)12-19(4,5)22-11-13(10-21)17(24)23-14-7-8-16(25-6)15(20)9-14/h7-9,11,22H,12H2,1-6H3,(H,23,24)/b13-11-. The summed E-state index contributed by atoms with van der Waals surface area (Å²) in [6.07, 6.45) is 2.34. The van der Waals surface area contributed by atoms with Crippen LogP contribution in [-0.2, 0) is 4.79 Å². The molecule has 1 aromatic carbocycles. The van der Waals surface area contributed by atoms with Crippen molar-refractivity contribution >= 4 is 23.2 Å². The van der Waals surface area contributed by atoms with Crippen molar-refractivity contribution < 1.29 is 9.53 Å². The summed E-state index contributed by atoms with van der Waals surface area (Å²) in [5, 5.41) is 15.5. The molecule has 0 aliphatic carbocycles. The van der Waals surface area contributed by atoms with E-state index in [2.05, 4.69) is 31.4 Å². The number of rotatable bonds is 6. The number of carbonyl (C=O) groups is 1. The number of nitriles is 1. The van der Waals surface area contributed by atoms with E-state index < -0.39 is 5.91 Å². The average Bonchev–Trinajstić information content (AvgIpc) is 2.45. The van der Waals surface area contributed by atoms with E-state index in [0.29, 0.717) is 16.5 Å². The number of hydrogen-bond acceptors (Lipinski definition) is 4. The molecule has 0 fully saturated rings. The lowest BCUT2D eigenvalue weighted by Crippen LogP contribution is -2.39. The smallest absolute Gasteiger partial charge is 0.267 e. The van der Waals surface area contributed by atoms with Crippen LogP contribution in [-0.4, -0.2) is 18.6 Å². The molecule has 0 atom stereocenters. The van der Waals surface area contributed by atoms with Crippen LogP contribution in [0.15, 0.2) is 30.0 Å². The first-order chi connectivity index (χ1) is 11.5. The van der Waals surface area contributed by atoms with Gasteiger partial charge >= 0.3 is 0 Å². The normalized spacial score (nSPS) is 12.3. The SMILES string of the molecule is COc1ccc(NC(=O)/C(C#N)=C\NC(C)(C)CC(C)(C)C)cc1Cl. The first kappa shape index (κ1) is 20.9. The molecule has 2 N–H and O–H groups in total. The number of amides is 1. The Labute approximate surface area is 155 Å². The summed E-state index contributed by atoms with van der Waals surface area (Å²) in [6, 6.07) is 6.81. The summed E-state index contributed by atoms with van der Waals surface area (Å²) in [5.74, 6) is 0.0177. The van der Waals surface area contributed by atoms with E-state index in [4.69, 9.17) is 16.3 Å². The van der Waals surface area contributed by atoms with Gasteiger partial charge in [0.05, 0.1) is 12.1 Å². The highest BCUT2D eigenvalue weighted by molar-refractivity contribution is 6.32. The molecule has 6 heteroatoms. The highest BCUT2D eigenvalue weighted by atomic mass is 35.5. The molecule has 0 saturated heterocycles. The Hall–Kier alpha value is -2.19. The van der Waals surface area contributed by atoms with Crippen LogP contribution in [0.25, 0.3) is 0 Å². The number of anilines is 1. The monoisotopic (exact) mass is 363 g/mol. The summed E-state index contributed by atoms with van der Waals surface area (Å²) >= 11 is 6.04. The molecule has 136 valence electrons. The van der Waals surface area contributed by atoms with Gasteiger partial charge in [-0.05, 0) is 43.9 Å². The molecular weight excluding hydrogens is 338 g/mol. The maximum absolute atomic E-state index is 12.3. The summed E-state index contributed by atoms with van der Waals surface area (Å²) < 4.78 is 5.07. The van der Waals surface area contributed by atoms with Crippen molar-refractivity contribution in [2.45, 2.75) is 46.6 Å². The first-order valence-corrected chi connectivity index (χ1v) is 8.38. The predicted molar refractivity (Wildman–Crippen MR) is 102 cm³/mol.